The quantitative estimate of drug-likeness (QED) is 0.675. The lowest BCUT2D eigenvalue weighted by Gasteiger charge is -2.16. The number of hydrogen-bond donors (Lipinski definition) is 1. The molecule has 0 radical (unpaired) electrons. The summed E-state index contributed by atoms with van der Waals surface area (Å²) in [5, 5.41) is 20.6. The zero-order chi connectivity index (χ0) is 16.3. The van der Waals surface area contributed by atoms with Crippen LogP contribution in [0.2, 0.25) is 0 Å². The van der Waals surface area contributed by atoms with Crippen LogP contribution in [0.25, 0.3) is 0 Å². The van der Waals surface area contributed by atoms with Crippen LogP contribution in [0.3, 0.4) is 0 Å². The third-order valence-electron chi connectivity index (χ3n) is 3.71. The van der Waals surface area contributed by atoms with Crippen LogP contribution in [0, 0.1) is 24.0 Å². The molecule has 0 fully saturated rings. The standard InChI is InChI=1S/C17H17NO4/c1-11-7-8-14(12(2)9-11)15(17(19)20)10-13-5-3-4-6-16(13)18(21)22/h3-9,15H,10H2,1-2H3,(H,19,20). The van der Waals surface area contributed by atoms with Crippen molar-refractivity contribution in [2.24, 2.45) is 0 Å². The Kier molecular flexibility index (Phi) is 4.56. The molecule has 5 heteroatoms. The summed E-state index contributed by atoms with van der Waals surface area (Å²) < 4.78 is 0. The van der Waals surface area contributed by atoms with E-state index in [1.165, 1.54) is 6.07 Å². The molecule has 0 saturated carbocycles. The maximum absolute atomic E-state index is 11.7. The monoisotopic (exact) mass is 299 g/mol. The molecule has 0 amide bonds. The SMILES string of the molecule is Cc1ccc(C(Cc2ccccc2[N+](=O)[O-])C(=O)O)c(C)c1. The number of benzene rings is 2. The van der Waals surface area contributed by atoms with E-state index >= 15 is 0 Å². The molecule has 0 aliphatic rings. The highest BCUT2D eigenvalue weighted by molar-refractivity contribution is 5.77. The smallest absolute Gasteiger partial charge is 0.311 e. The first-order valence-corrected chi connectivity index (χ1v) is 6.92. The Balaban J connectivity index is 2.43. The van der Waals surface area contributed by atoms with E-state index in [-0.39, 0.29) is 12.1 Å². The van der Waals surface area contributed by atoms with Gasteiger partial charge in [-0.1, -0.05) is 42.0 Å². The lowest BCUT2D eigenvalue weighted by molar-refractivity contribution is -0.385. The zero-order valence-corrected chi connectivity index (χ0v) is 12.4. The van der Waals surface area contributed by atoms with Gasteiger partial charge < -0.3 is 5.11 Å². The molecule has 0 heterocycles. The lowest BCUT2D eigenvalue weighted by atomic mass is 9.88. The first kappa shape index (κ1) is 15.7. The average molecular weight is 299 g/mol. The minimum Gasteiger partial charge on any atom is -0.481 e. The Morgan fingerprint density at radius 2 is 1.91 bits per heavy atom. The van der Waals surface area contributed by atoms with Crippen molar-refractivity contribution in [3.8, 4) is 0 Å². The van der Waals surface area contributed by atoms with Gasteiger partial charge in [0.25, 0.3) is 5.69 Å². The van der Waals surface area contributed by atoms with Gasteiger partial charge in [0.2, 0.25) is 0 Å². The van der Waals surface area contributed by atoms with E-state index in [1.54, 1.807) is 24.3 Å². The third kappa shape index (κ3) is 3.31. The van der Waals surface area contributed by atoms with Gasteiger partial charge in [0.1, 0.15) is 0 Å². The predicted molar refractivity (Wildman–Crippen MR) is 83.1 cm³/mol. The summed E-state index contributed by atoms with van der Waals surface area (Å²) >= 11 is 0. The summed E-state index contributed by atoms with van der Waals surface area (Å²) in [4.78, 5) is 22.3. The molecule has 0 saturated heterocycles. The molecule has 2 rings (SSSR count). The topological polar surface area (TPSA) is 80.4 Å². The first-order valence-electron chi connectivity index (χ1n) is 6.92. The second-order valence-electron chi connectivity index (χ2n) is 5.34. The van der Waals surface area contributed by atoms with E-state index in [4.69, 9.17) is 0 Å². The molecule has 114 valence electrons. The fourth-order valence-corrected chi connectivity index (χ4v) is 2.63. The molecule has 0 aliphatic heterocycles. The highest BCUT2D eigenvalue weighted by Gasteiger charge is 2.25. The van der Waals surface area contributed by atoms with Crippen molar-refractivity contribution in [1.29, 1.82) is 0 Å². The van der Waals surface area contributed by atoms with Gasteiger partial charge in [-0.2, -0.15) is 0 Å². The van der Waals surface area contributed by atoms with Crippen molar-refractivity contribution in [2.45, 2.75) is 26.2 Å². The van der Waals surface area contributed by atoms with E-state index in [1.807, 2.05) is 26.0 Å². The number of para-hydroxylation sites is 1. The number of aliphatic carboxylic acids is 1. The molecule has 1 unspecified atom stereocenters. The van der Waals surface area contributed by atoms with Gasteiger partial charge in [0.15, 0.2) is 0 Å². The molecule has 2 aromatic carbocycles. The van der Waals surface area contributed by atoms with Crippen LogP contribution in [0.15, 0.2) is 42.5 Å². The maximum Gasteiger partial charge on any atom is 0.311 e. The summed E-state index contributed by atoms with van der Waals surface area (Å²) in [5.74, 6) is -1.79. The van der Waals surface area contributed by atoms with Gasteiger partial charge in [-0.3, -0.25) is 14.9 Å². The number of nitro benzene ring substituents is 1. The maximum atomic E-state index is 11.7. The van der Waals surface area contributed by atoms with E-state index in [9.17, 15) is 20.0 Å². The van der Waals surface area contributed by atoms with E-state index in [0.29, 0.717) is 11.1 Å². The number of nitro groups is 1. The molecule has 0 spiro atoms. The second kappa shape index (κ2) is 6.39. The van der Waals surface area contributed by atoms with Crippen LogP contribution >= 0.6 is 0 Å². The summed E-state index contributed by atoms with van der Waals surface area (Å²) in [7, 11) is 0. The molecule has 0 bridgehead atoms. The summed E-state index contributed by atoms with van der Waals surface area (Å²) in [6.07, 6.45) is 0.0936. The van der Waals surface area contributed by atoms with Crippen LogP contribution in [0.4, 0.5) is 5.69 Å². The third-order valence-corrected chi connectivity index (χ3v) is 3.71. The van der Waals surface area contributed by atoms with Gasteiger partial charge in [-0.05, 0) is 31.4 Å². The summed E-state index contributed by atoms with van der Waals surface area (Å²) in [5.41, 5.74) is 3.01. The summed E-state index contributed by atoms with van der Waals surface area (Å²) in [6, 6.07) is 11.8. The summed E-state index contributed by atoms with van der Waals surface area (Å²) in [6.45, 7) is 3.80. The average Bonchev–Trinajstić information content (AvgIpc) is 2.45. The van der Waals surface area contributed by atoms with Crippen LogP contribution in [0.5, 0.6) is 0 Å². The molecule has 2 aromatic rings. The molecule has 5 nitrogen and oxygen atoms in total. The van der Waals surface area contributed by atoms with Crippen molar-refractivity contribution in [3.05, 3.63) is 74.8 Å². The van der Waals surface area contributed by atoms with Gasteiger partial charge in [-0.25, -0.2) is 0 Å². The van der Waals surface area contributed by atoms with Gasteiger partial charge in [-0.15, -0.1) is 0 Å². The van der Waals surface area contributed by atoms with Crippen molar-refractivity contribution in [3.63, 3.8) is 0 Å². The lowest BCUT2D eigenvalue weighted by Crippen LogP contribution is -2.16. The van der Waals surface area contributed by atoms with E-state index < -0.39 is 16.8 Å². The Bertz CT molecular complexity index is 724. The minimum absolute atomic E-state index is 0.0430. The number of nitrogens with zero attached hydrogens (tertiary/aromatic N) is 1. The molecule has 0 aliphatic carbocycles. The highest BCUT2D eigenvalue weighted by atomic mass is 16.6. The number of aryl methyl sites for hydroxylation is 2. The van der Waals surface area contributed by atoms with Crippen molar-refractivity contribution < 1.29 is 14.8 Å². The number of hydrogen-bond acceptors (Lipinski definition) is 3. The predicted octanol–water partition coefficient (Wildman–Crippen LogP) is 3.62. The number of carboxylic acid groups (broad SMARTS) is 1. The van der Waals surface area contributed by atoms with E-state index in [0.717, 1.165) is 11.1 Å². The van der Waals surface area contributed by atoms with Crippen LogP contribution < -0.4 is 0 Å². The first-order chi connectivity index (χ1) is 10.4. The van der Waals surface area contributed by atoms with Gasteiger partial charge in [0.05, 0.1) is 10.8 Å². The Hall–Kier alpha value is -2.69. The molecule has 22 heavy (non-hydrogen) atoms. The highest BCUT2D eigenvalue weighted by Crippen LogP contribution is 2.29. The number of rotatable bonds is 5. The molecular weight excluding hydrogens is 282 g/mol. The van der Waals surface area contributed by atoms with Crippen molar-refractivity contribution >= 4 is 11.7 Å². The minimum atomic E-state index is -0.981. The second-order valence-corrected chi connectivity index (χ2v) is 5.34. The Morgan fingerprint density at radius 1 is 1.23 bits per heavy atom. The molecule has 1 atom stereocenters. The normalized spacial score (nSPS) is 11.9. The van der Waals surface area contributed by atoms with Crippen molar-refractivity contribution in [1.82, 2.24) is 0 Å². The zero-order valence-electron chi connectivity index (χ0n) is 12.4. The van der Waals surface area contributed by atoms with Crippen LogP contribution in [0.1, 0.15) is 28.2 Å². The van der Waals surface area contributed by atoms with Crippen molar-refractivity contribution in [2.75, 3.05) is 0 Å². The van der Waals surface area contributed by atoms with Crippen LogP contribution in [-0.4, -0.2) is 16.0 Å². The van der Waals surface area contributed by atoms with Crippen LogP contribution in [-0.2, 0) is 11.2 Å². The van der Waals surface area contributed by atoms with Gasteiger partial charge >= 0.3 is 5.97 Å². The molecular formula is C17H17NO4. The number of carboxylic acids is 1. The largest absolute Gasteiger partial charge is 0.481 e. The molecule has 0 aromatic heterocycles. The fourth-order valence-electron chi connectivity index (χ4n) is 2.63. The Morgan fingerprint density at radius 3 is 2.50 bits per heavy atom. The fraction of sp³-hybridized carbons (Fsp3) is 0.235. The molecule has 1 N–H and O–H groups in total. The Labute approximate surface area is 128 Å². The van der Waals surface area contributed by atoms with Gasteiger partial charge in [0, 0.05) is 11.6 Å². The van der Waals surface area contributed by atoms with E-state index in [2.05, 4.69) is 0 Å². The number of carbonyl (C=O) groups is 1.